The van der Waals surface area contributed by atoms with Crippen LogP contribution in [0, 0.1) is 17.8 Å². The van der Waals surface area contributed by atoms with Gasteiger partial charge >= 0.3 is 39.5 Å². The molecule has 104 heavy (non-hydrogen) atoms. The Morgan fingerprint density at radius 2 is 0.490 bits per heavy atom. The van der Waals surface area contributed by atoms with E-state index in [1.54, 1.807) is 0 Å². The normalized spacial score (nSPS) is 14.2. The molecule has 0 saturated heterocycles. The van der Waals surface area contributed by atoms with Gasteiger partial charge in [0, 0.05) is 25.7 Å². The Kier molecular flexibility index (Phi) is 73.7. The van der Waals surface area contributed by atoms with Gasteiger partial charge in [0.15, 0.2) is 12.2 Å². The molecule has 618 valence electrons. The third-order valence-corrected chi connectivity index (χ3v) is 22.1. The summed E-state index contributed by atoms with van der Waals surface area (Å²) in [5.41, 5.74) is 0. The lowest BCUT2D eigenvalue weighted by molar-refractivity contribution is -0.161. The Morgan fingerprint density at radius 3 is 0.731 bits per heavy atom. The fraction of sp³-hybridized carbons (Fsp3) is 0.953. The van der Waals surface area contributed by atoms with Crippen LogP contribution in [0.3, 0.4) is 0 Å². The SMILES string of the molecule is CCCCCCCCCCCCCCCCCCCC(=O)O[C@H](COC(=O)CCCCCCCCCCCC(C)C)COP(=O)(O)OC[C@H](O)COP(=O)(O)OC[C@@H](COC(=O)CCCCCCCCCCCCCCCCC(C)C)OC(=O)CCCCCCCCCCCCCCCCC(C)CC. The van der Waals surface area contributed by atoms with Crippen molar-refractivity contribution in [2.75, 3.05) is 39.6 Å². The number of phosphoric acid groups is 2. The predicted octanol–water partition coefficient (Wildman–Crippen LogP) is 25.7. The van der Waals surface area contributed by atoms with Gasteiger partial charge in [0.2, 0.25) is 0 Å². The molecule has 17 nitrogen and oxygen atoms in total. The molecule has 0 aromatic carbocycles. The molecule has 0 fully saturated rings. The van der Waals surface area contributed by atoms with Crippen LogP contribution in [0.4, 0.5) is 0 Å². The van der Waals surface area contributed by atoms with Crippen molar-refractivity contribution in [3.8, 4) is 0 Å². The summed E-state index contributed by atoms with van der Waals surface area (Å²) in [6.07, 6.45) is 65.1. The lowest BCUT2D eigenvalue weighted by Gasteiger charge is -2.21. The third kappa shape index (κ3) is 76.8. The van der Waals surface area contributed by atoms with E-state index in [2.05, 4.69) is 48.5 Å². The maximum Gasteiger partial charge on any atom is 0.472 e. The predicted molar refractivity (Wildman–Crippen MR) is 428 cm³/mol. The number of hydrogen-bond acceptors (Lipinski definition) is 15. The van der Waals surface area contributed by atoms with Gasteiger partial charge in [-0.2, -0.15) is 0 Å². The highest BCUT2D eigenvalue weighted by Gasteiger charge is 2.30. The van der Waals surface area contributed by atoms with E-state index in [4.69, 9.17) is 37.0 Å². The quantitative estimate of drug-likeness (QED) is 0.0222. The number of carbonyl (C=O) groups excluding carboxylic acids is 4. The highest BCUT2D eigenvalue weighted by Crippen LogP contribution is 2.45. The van der Waals surface area contributed by atoms with Gasteiger partial charge in [-0.1, -0.05) is 395 Å². The Labute approximate surface area is 638 Å². The summed E-state index contributed by atoms with van der Waals surface area (Å²) in [7, 11) is -9.93. The van der Waals surface area contributed by atoms with E-state index in [1.807, 2.05) is 0 Å². The number of phosphoric ester groups is 2. The summed E-state index contributed by atoms with van der Waals surface area (Å²) >= 11 is 0. The zero-order valence-electron chi connectivity index (χ0n) is 68.5. The Morgan fingerprint density at radius 1 is 0.279 bits per heavy atom. The highest BCUT2D eigenvalue weighted by molar-refractivity contribution is 7.47. The first-order valence-electron chi connectivity index (χ1n) is 43.9. The van der Waals surface area contributed by atoms with Crippen molar-refractivity contribution >= 4 is 39.5 Å². The number of aliphatic hydroxyl groups is 1. The molecule has 0 aliphatic carbocycles. The van der Waals surface area contributed by atoms with Crippen molar-refractivity contribution in [2.45, 2.75) is 465 Å². The van der Waals surface area contributed by atoms with E-state index in [0.717, 1.165) is 108 Å². The molecule has 0 rings (SSSR count). The van der Waals surface area contributed by atoms with Crippen LogP contribution < -0.4 is 0 Å². The number of aliphatic hydroxyl groups excluding tert-OH is 1. The second-order valence-corrected chi connectivity index (χ2v) is 34.7. The molecule has 0 aromatic heterocycles. The topological polar surface area (TPSA) is 237 Å². The summed E-state index contributed by atoms with van der Waals surface area (Å²) < 4.78 is 68.9. The molecule has 0 amide bonds. The molecule has 0 bridgehead atoms. The van der Waals surface area contributed by atoms with E-state index in [9.17, 15) is 43.2 Å². The van der Waals surface area contributed by atoms with Gasteiger partial charge in [0.1, 0.15) is 19.3 Å². The summed E-state index contributed by atoms with van der Waals surface area (Å²) in [6, 6.07) is 0. The lowest BCUT2D eigenvalue weighted by atomic mass is 9.99. The van der Waals surface area contributed by atoms with Crippen LogP contribution >= 0.6 is 15.6 Å². The molecule has 0 aromatic rings. The third-order valence-electron chi connectivity index (χ3n) is 20.2. The van der Waals surface area contributed by atoms with Crippen molar-refractivity contribution in [2.24, 2.45) is 17.8 Å². The molecule has 3 unspecified atom stereocenters. The average Bonchev–Trinajstić information content (AvgIpc) is 0.909. The van der Waals surface area contributed by atoms with E-state index in [1.165, 1.54) is 257 Å². The zero-order valence-corrected chi connectivity index (χ0v) is 70.3. The van der Waals surface area contributed by atoms with Crippen molar-refractivity contribution in [3.63, 3.8) is 0 Å². The van der Waals surface area contributed by atoms with Crippen LogP contribution in [0.5, 0.6) is 0 Å². The van der Waals surface area contributed by atoms with Crippen LogP contribution in [0.15, 0.2) is 0 Å². The monoisotopic (exact) mass is 1520 g/mol. The summed E-state index contributed by atoms with van der Waals surface area (Å²) in [4.78, 5) is 73.2. The van der Waals surface area contributed by atoms with Crippen molar-refractivity contribution < 1.29 is 80.2 Å². The van der Waals surface area contributed by atoms with Crippen LogP contribution in [0.2, 0.25) is 0 Å². The van der Waals surface area contributed by atoms with Gasteiger partial charge in [-0.3, -0.25) is 37.3 Å². The van der Waals surface area contributed by atoms with E-state index in [0.29, 0.717) is 25.7 Å². The number of carbonyl (C=O) groups is 4. The van der Waals surface area contributed by atoms with E-state index < -0.39 is 97.5 Å². The molecule has 3 N–H and O–H groups in total. The van der Waals surface area contributed by atoms with Gasteiger partial charge in [0.25, 0.3) is 0 Å². The molecule has 0 aliphatic rings. The Bertz CT molecular complexity index is 2010. The molecule has 0 saturated carbocycles. The Hall–Kier alpha value is -1.94. The first kappa shape index (κ1) is 102. The van der Waals surface area contributed by atoms with Crippen LogP contribution in [0.1, 0.15) is 447 Å². The van der Waals surface area contributed by atoms with Gasteiger partial charge in [0.05, 0.1) is 26.4 Å². The van der Waals surface area contributed by atoms with Crippen molar-refractivity contribution in [3.05, 3.63) is 0 Å². The standard InChI is InChI=1S/C85H166O17P2/c1-8-10-11-12-13-14-15-16-17-18-19-27-32-39-47-54-61-68-84(89)102-81(73-96-83(88)67-60-53-46-41-34-36-43-50-57-64-77(5)6)75-100-104(93,94)98-71-79(86)70-97-103(91,92)99-74-80(72-95-82(87)66-59-52-45-38-31-26-22-20-24-29-35-42-49-56-63-76(3)4)101-85(90)69-62-55-48-40-33-28-23-21-25-30-37-44-51-58-65-78(7)9-2/h76-81,86H,8-75H2,1-7H3,(H,91,92)(H,93,94)/t78?,79-,80-,81-/m1/s1. The largest absolute Gasteiger partial charge is 0.472 e. The lowest BCUT2D eigenvalue weighted by Crippen LogP contribution is -2.30. The first-order valence-corrected chi connectivity index (χ1v) is 46.9. The van der Waals surface area contributed by atoms with Crippen LogP contribution in [-0.4, -0.2) is 96.7 Å². The molecular weight excluding hydrogens is 1350 g/mol. The fourth-order valence-electron chi connectivity index (χ4n) is 13.2. The smallest absolute Gasteiger partial charge is 0.462 e. The number of rotatable bonds is 83. The number of ether oxygens (including phenoxy) is 4. The first-order chi connectivity index (χ1) is 50.3. The summed E-state index contributed by atoms with van der Waals surface area (Å²) in [6.45, 7) is 12.0. The maximum absolute atomic E-state index is 13.1. The van der Waals surface area contributed by atoms with Gasteiger partial charge < -0.3 is 33.8 Å². The summed E-state index contributed by atoms with van der Waals surface area (Å²) in [5, 5.41) is 10.7. The van der Waals surface area contributed by atoms with Crippen LogP contribution in [0.25, 0.3) is 0 Å². The fourth-order valence-corrected chi connectivity index (χ4v) is 14.7. The van der Waals surface area contributed by atoms with Crippen LogP contribution in [-0.2, 0) is 65.4 Å². The minimum absolute atomic E-state index is 0.108. The number of esters is 4. The van der Waals surface area contributed by atoms with Gasteiger partial charge in [-0.25, -0.2) is 9.13 Å². The molecule has 6 atom stereocenters. The number of unbranched alkanes of at least 4 members (excludes halogenated alkanes) is 50. The molecule has 0 spiro atoms. The second-order valence-electron chi connectivity index (χ2n) is 31.8. The molecule has 0 radical (unpaired) electrons. The van der Waals surface area contributed by atoms with E-state index in [-0.39, 0.29) is 25.7 Å². The minimum atomic E-state index is -4.97. The number of hydrogen-bond donors (Lipinski definition) is 3. The minimum Gasteiger partial charge on any atom is -0.462 e. The van der Waals surface area contributed by atoms with Crippen molar-refractivity contribution in [1.82, 2.24) is 0 Å². The Balaban J connectivity index is 5.27. The molecule has 0 heterocycles. The van der Waals surface area contributed by atoms with Crippen molar-refractivity contribution in [1.29, 1.82) is 0 Å². The summed E-state index contributed by atoms with van der Waals surface area (Å²) in [5.74, 6) is 0.285. The van der Waals surface area contributed by atoms with Gasteiger partial charge in [-0.05, 0) is 43.4 Å². The second kappa shape index (κ2) is 75.1. The average molecular weight is 1520 g/mol. The molecule has 19 heteroatoms. The molecular formula is C85H166O17P2. The zero-order chi connectivity index (χ0) is 76.5. The van der Waals surface area contributed by atoms with E-state index >= 15 is 0 Å². The molecule has 0 aliphatic heterocycles. The van der Waals surface area contributed by atoms with Gasteiger partial charge in [-0.15, -0.1) is 0 Å². The highest BCUT2D eigenvalue weighted by atomic mass is 31.2. The maximum atomic E-state index is 13.1.